The van der Waals surface area contributed by atoms with Gasteiger partial charge in [0.15, 0.2) is 5.82 Å². The van der Waals surface area contributed by atoms with Crippen molar-refractivity contribution in [1.82, 2.24) is 0 Å². The lowest BCUT2D eigenvalue weighted by Crippen LogP contribution is -1.99. The third-order valence-corrected chi connectivity index (χ3v) is 2.71. The van der Waals surface area contributed by atoms with Crippen LogP contribution < -0.4 is 0 Å². The summed E-state index contributed by atoms with van der Waals surface area (Å²) < 4.78 is 13.8. The number of rotatable bonds is 1. The van der Waals surface area contributed by atoms with E-state index in [-0.39, 0.29) is 5.56 Å². The molecule has 2 nitrogen and oxygen atoms in total. The summed E-state index contributed by atoms with van der Waals surface area (Å²) in [5.41, 5.74) is -0.269. The average molecular weight is 196 g/mol. The first-order chi connectivity index (χ1) is 6.20. The van der Waals surface area contributed by atoms with Crippen LogP contribution in [0.25, 0.3) is 10.1 Å². The Labute approximate surface area is 77.2 Å². The number of carboxylic acids is 1. The lowest BCUT2D eigenvalue weighted by molar-refractivity contribution is 0.0692. The van der Waals surface area contributed by atoms with Crippen molar-refractivity contribution in [3.05, 3.63) is 35.0 Å². The van der Waals surface area contributed by atoms with Crippen LogP contribution in [0.4, 0.5) is 4.39 Å². The molecular weight excluding hydrogens is 191 g/mol. The van der Waals surface area contributed by atoms with Crippen molar-refractivity contribution in [2.45, 2.75) is 0 Å². The molecule has 1 aromatic heterocycles. The fraction of sp³-hybridized carbons (Fsp3) is 0. The van der Waals surface area contributed by atoms with Gasteiger partial charge in [0.1, 0.15) is 0 Å². The van der Waals surface area contributed by atoms with Gasteiger partial charge in [-0.25, -0.2) is 9.18 Å². The van der Waals surface area contributed by atoms with E-state index < -0.39 is 11.8 Å². The summed E-state index contributed by atoms with van der Waals surface area (Å²) in [6.45, 7) is 0. The molecule has 66 valence electrons. The number of benzene rings is 1. The first-order valence-corrected chi connectivity index (χ1v) is 4.47. The Morgan fingerprint density at radius 1 is 1.38 bits per heavy atom. The van der Waals surface area contributed by atoms with Gasteiger partial charge in [-0.3, -0.25) is 0 Å². The quantitative estimate of drug-likeness (QED) is 0.761. The maximum atomic E-state index is 13.4. The van der Waals surface area contributed by atoms with Crippen LogP contribution in [0.2, 0.25) is 0 Å². The van der Waals surface area contributed by atoms with Crippen LogP contribution in [0.15, 0.2) is 23.6 Å². The number of carboxylic acid groups (broad SMARTS) is 1. The second-order valence-electron chi connectivity index (χ2n) is 2.57. The molecule has 4 heteroatoms. The molecule has 0 atom stereocenters. The van der Waals surface area contributed by atoms with Crippen LogP contribution in [-0.4, -0.2) is 11.1 Å². The second-order valence-corrected chi connectivity index (χ2v) is 3.49. The van der Waals surface area contributed by atoms with Gasteiger partial charge in [-0.2, -0.15) is 0 Å². The number of halogens is 1. The van der Waals surface area contributed by atoms with E-state index in [0.717, 1.165) is 5.39 Å². The molecule has 0 saturated carbocycles. The highest BCUT2D eigenvalue weighted by Crippen LogP contribution is 2.25. The van der Waals surface area contributed by atoms with Gasteiger partial charge >= 0.3 is 5.97 Å². The molecule has 1 N–H and O–H groups in total. The van der Waals surface area contributed by atoms with Crippen molar-refractivity contribution in [3.63, 3.8) is 0 Å². The minimum atomic E-state index is -1.23. The molecule has 1 heterocycles. The van der Waals surface area contributed by atoms with Crippen molar-refractivity contribution in [3.8, 4) is 0 Å². The summed E-state index contributed by atoms with van der Waals surface area (Å²) in [4.78, 5) is 10.6. The maximum absolute atomic E-state index is 13.4. The monoisotopic (exact) mass is 196 g/mol. The summed E-state index contributed by atoms with van der Waals surface area (Å²) >= 11 is 1.21. The highest BCUT2D eigenvalue weighted by molar-refractivity contribution is 7.17. The fourth-order valence-electron chi connectivity index (χ4n) is 1.16. The zero-order valence-corrected chi connectivity index (χ0v) is 7.27. The molecule has 0 bridgehead atoms. The van der Waals surface area contributed by atoms with Crippen molar-refractivity contribution in [2.24, 2.45) is 0 Å². The molecule has 0 amide bonds. The Bertz CT molecular complexity index is 475. The average Bonchev–Trinajstić information content (AvgIpc) is 2.52. The SMILES string of the molecule is O=C(O)c1ccc2ccsc2c1F. The molecule has 0 fully saturated rings. The van der Waals surface area contributed by atoms with Gasteiger partial charge < -0.3 is 5.11 Å². The smallest absolute Gasteiger partial charge is 0.338 e. The van der Waals surface area contributed by atoms with Crippen molar-refractivity contribution >= 4 is 27.4 Å². The van der Waals surface area contributed by atoms with Crippen LogP contribution in [0.1, 0.15) is 10.4 Å². The first-order valence-electron chi connectivity index (χ1n) is 3.59. The summed E-state index contributed by atoms with van der Waals surface area (Å²) in [6, 6.07) is 4.65. The van der Waals surface area contributed by atoms with Gasteiger partial charge in [0.25, 0.3) is 0 Å². The maximum Gasteiger partial charge on any atom is 0.338 e. The van der Waals surface area contributed by atoms with Crippen molar-refractivity contribution in [1.29, 1.82) is 0 Å². The van der Waals surface area contributed by atoms with Crippen molar-refractivity contribution in [2.75, 3.05) is 0 Å². The Morgan fingerprint density at radius 3 is 2.85 bits per heavy atom. The number of hydrogen-bond acceptors (Lipinski definition) is 2. The molecule has 0 radical (unpaired) electrons. The largest absolute Gasteiger partial charge is 0.478 e. The van der Waals surface area contributed by atoms with Crippen LogP contribution in [0.5, 0.6) is 0 Å². The second kappa shape index (κ2) is 2.81. The van der Waals surface area contributed by atoms with Crippen molar-refractivity contribution < 1.29 is 14.3 Å². The van der Waals surface area contributed by atoms with Crippen LogP contribution in [0.3, 0.4) is 0 Å². The summed E-state index contributed by atoms with van der Waals surface area (Å²) in [5.74, 6) is -1.87. The predicted molar refractivity (Wildman–Crippen MR) is 48.7 cm³/mol. The molecule has 1 aromatic carbocycles. The third-order valence-electron chi connectivity index (χ3n) is 1.79. The molecule has 0 spiro atoms. The molecule has 2 aromatic rings. The molecule has 0 saturated heterocycles. The van der Waals surface area contributed by atoms with Gasteiger partial charge in [0, 0.05) is 0 Å². The van der Waals surface area contributed by atoms with Gasteiger partial charge in [0.2, 0.25) is 0 Å². The highest BCUT2D eigenvalue weighted by atomic mass is 32.1. The predicted octanol–water partition coefficient (Wildman–Crippen LogP) is 2.74. The number of aromatic carboxylic acids is 1. The molecule has 13 heavy (non-hydrogen) atoms. The molecule has 2 rings (SSSR count). The zero-order valence-electron chi connectivity index (χ0n) is 6.45. The van der Waals surface area contributed by atoms with E-state index in [1.165, 1.54) is 17.4 Å². The Morgan fingerprint density at radius 2 is 2.15 bits per heavy atom. The minimum Gasteiger partial charge on any atom is -0.478 e. The third kappa shape index (κ3) is 1.19. The summed E-state index contributed by atoms with van der Waals surface area (Å²) in [6.07, 6.45) is 0. The van der Waals surface area contributed by atoms with E-state index in [1.807, 2.05) is 0 Å². The van der Waals surface area contributed by atoms with E-state index in [2.05, 4.69) is 0 Å². The van der Waals surface area contributed by atoms with E-state index in [1.54, 1.807) is 17.5 Å². The minimum absolute atomic E-state index is 0.269. The van der Waals surface area contributed by atoms with E-state index in [4.69, 9.17) is 5.11 Å². The fourth-order valence-corrected chi connectivity index (χ4v) is 2.00. The number of carbonyl (C=O) groups is 1. The first kappa shape index (κ1) is 8.19. The van der Waals surface area contributed by atoms with Crippen LogP contribution in [-0.2, 0) is 0 Å². The Kier molecular flexibility index (Phi) is 1.77. The van der Waals surface area contributed by atoms with Gasteiger partial charge in [-0.05, 0) is 22.9 Å². The molecular formula is C9H5FO2S. The topological polar surface area (TPSA) is 37.3 Å². The lowest BCUT2D eigenvalue weighted by atomic mass is 10.1. The zero-order chi connectivity index (χ0) is 9.42. The number of thiophene rings is 1. The molecule has 0 aliphatic heterocycles. The van der Waals surface area contributed by atoms with E-state index >= 15 is 0 Å². The normalized spacial score (nSPS) is 10.5. The molecule has 0 aliphatic rings. The van der Waals surface area contributed by atoms with E-state index in [0.29, 0.717) is 4.70 Å². The van der Waals surface area contributed by atoms with Crippen LogP contribution in [0, 0.1) is 5.82 Å². The van der Waals surface area contributed by atoms with E-state index in [9.17, 15) is 9.18 Å². The van der Waals surface area contributed by atoms with Crippen LogP contribution >= 0.6 is 11.3 Å². The van der Waals surface area contributed by atoms with Gasteiger partial charge in [0.05, 0.1) is 10.3 Å². The number of hydrogen-bond donors (Lipinski definition) is 1. The number of fused-ring (bicyclic) bond motifs is 1. The highest BCUT2D eigenvalue weighted by Gasteiger charge is 2.13. The summed E-state index contributed by atoms with van der Waals surface area (Å²) in [5, 5.41) is 11.1. The van der Waals surface area contributed by atoms with Gasteiger partial charge in [-0.15, -0.1) is 11.3 Å². The summed E-state index contributed by atoms with van der Waals surface area (Å²) in [7, 11) is 0. The molecule has 0 unspecified atom stereocenters. The lowest BCUT2D eigenvalue weighted by Gasteiger charge is -1.97. The Balaban J connectivity index is 2.80. The molecule has 0 aliphatic carbocycles. The Hall–Kier alpha value is -1.42. The van der Waals surface area contributed by atoms with Gasteiger partial charge in [-0.1, -0.05) is 6.07 Å². The standard InChI is InChI=1S/C9H5FO2S/c10-7-6(9(11)12)2-1-5-3-4-13-8(5)7/h1-4H,(H,11,12).